The second kappa shape index (κ2) is 6.38. The molecular weight excluding hydrogens is 188 g/mol. The number of hydrogen-bond donors (Lipinski definition) is 0. The van der Waals surface area contributed by atoms with E-state index in [1.807, 2.05) is 25.1 Å². The number of allylic oxidation sites excluding steroid dienone is 1. The Balaban J connectivity index is 2.74. The molecule has 2 heteroatoms. The Morgan fingerprint density at radius 2 is 1.80 bits per heavy atom. The van der Waals surface area contributed by atoms with Crippen LogP contribution < -0.4 is 0 Å². The fourth-order valence-electron chi connectivity index (χ4n) is 1.50. The van der Waals surface area contributed by atoms with Crippen LogP contribution in [0.5, 0.6) is 0 Å². The van der Waals surface area contributed by atoms with E-state index >= 15 is 0 Å². The lowest BCUT2D eigenvalue weighted by Gasteiger charge is -2.15. The van der Waals surface area contributed by atoms with Crippen LogP contribution in [0.15, 0.2) is 36.4 Å². The van der Waals surface area contributed by atoms with Crippen LogP contribution in [-0.4, -0.2) is 20.5 Å². The minimum Gasteiger partial charge on any atom is -0.356 e. The van der Waals surface area contributed by atoms with Gasteiger partial charge in [-0.05, 0) is 18.1 Å². The molecule has 0 radical (unpaired) electrons. The first kappa shape index (κ1) is 12.0. The van der Waals surface area contributed by atoms with Gasteiger partial charge in [0.05, 0.1) is 0 Å². The zero-order valence-electron chi connectivity index (χ0n) is 9.57. The summed E-state index contributed by atoms with van der Waals surface area (Å²) in [6.07, 6.45) is 2.70. The van der Waals surface area contributed by atoms with E-state index in [0.717, 1.165) is 6.42 Å². The highest BCUT2D eigenvalue weighted by Crippen LogP contribution is 2.20. The Morgan fingerprint density at radius 1 is 1.20 bits per heavy atom. The SMILES string of the molecule is CC=C(CC(OC)OC)c1ccccc1. The average molecular weight is 206 g/mol. The van der Waals surface area contributed by atoms with Crippen molar-refractivity contribution in [3.8, 4) is 0 Å². The maximum absolute atomic E-state index is 5.19. The molecule has 0 fully saturated rings. The summed E-state index contributed by atoms with van der Waals surface area (Å²) in [7, 11) is 3.32. The molecule has 0 amide bonds. The molecule has 0 unspecified atom stereocenters. The molecule has 0 bridgehead atoms. The van der Waals surface area contributed by atoms with E-state index in [-0.39, 0.29) is 6.29 Å². The molecule has 0 heterocycles. The third kappa shape index (κ3) is 3.50. The second-order valence-corrected chi connectivity index (χ2v) is 3.29. The maximum atomic E-state index is 5.19. The Hall–Kier alpha value is -1.12. The van der Waals surface area contributed by atoms with E-state index in [1.165, 1.54) is 11.1 Å². The molecule has 0 atom stereocenters. The predicted octanol–water partition coefficient (Wildman–Crippen LogP) is 3.10. The van der Waals surface area contributed by atoms with E-state index < -0.39 is 0 Å². The largest absolute Gasteiger partial charge is 0.356 e. The number of benzene rings is 1. The van der Waals surface area contributed by atoms with E-state index in [4.69, 9.17) is 9.47 Å². The average Bonchev–Trinajstić information content (AvgIpc) is 2.32. The Kier molecular flexibility index (Phi) is 5.08. The number of hydrogen-bond acceptors (Lipinski definition) is 2. The van der Waals surface area contributed by atoms with Crippen LogP contribution in [0.25, 0.3) is 5.57 Å². The molecule has 82 valence electrons. The Labute approximate surface area is 91.5 Å². The third-order valence-electron chi connectivity index (χ3n) is 2.41. The first-order chi connectivity index (χ1) is 7.31. The summed E-state index contributed by atoms with van der Waals surface area (Å²) >= 11 is 0. The minimum absolute atomic E-state index is 0.170. The Morgan fingerprint density at radius 3 is 2.27 bits per heavy atom. The van der Waals surface area contributed by atoms with Crippen LogP contribution in [0, 0.1) is 0 Å². The van der Waals surface area contributed by atoms with Crippen molar-refractivity contribution in [2.24, 2.45) is 0 Å². The van der Waals surface area contributed by atoms with Crippen LogP contribution >= 0.6 is 0 Å². The quantitative estimate of drug-likeness (QED) is 0.689. The van der Waals surface area contributed by atoms with Gasteiger partial charge in [-0.2, -0.15) is 0 Å². The minimum atomic E-state index is -0.170. The molecule has 0 aliphatic rings. The molecule has 1 aromatic carbocycles. The van der Waals surface area contributed by atoms with Gasteiger partial charge in [-0.25, -0.2) is 0 Å². The van der Waals surface area contributed by atoms with Crippen LogP contribution in [0.2, 0.25) is 0 Å². The first-order valence-electron chi connectivity index (χ1n) is 5.08. The van der Waals surface area contributed by atoms with Crippen molar-refractivity contribution in [1.82, 2.24) is 0 Å². The normalized spacial score (nSPS) is 12.1. The van der Waals surface area contributed by atoms with Crippen LogP contribution in [-0.2, 0) is 9.47 Å². The molecule has 2 nitrogen and oxygen atoms in total. The zero-order valence-corrected chi connectivity index (χ0v) is 9.57. The molecule has 0 N–H and O–H groups in total. The smallest absolute Gasteiger partial charge is 0.160 e. The molecule has 0 spiro atoms. The number of rotatable bonds is 5. The molecule has 1 rings (SSSR count). The molecule has 0 aliphatic carbocycles. The van der Waals surface area contributed by atoms with Crippen molar-refractivity contribution in [2.45, 2.75) is 19.6 Å². The van der Waals surface area contributed by atoms with E-state index in [1.54, 1.807) is 14.2 Å². The molecule has 1 aromatic rings. The molecule has 0 aromatic heterocycles. The third-order valence-corrected chi connectivity index (χ3v) is 2.41. The van der Waals surface area contributed by atoms with Gasteiger partial charge >= 0.3 is 0 Å². The van der Waals surface area contributed by atoms with Crippen molar-refractivity contribution in [3.63, 3.8) is 0 Å². The van der Waals surface area contributed by atoms with Gasteiger partial charge in [0.1, 0.15) is 0 Å². The molecular formula is C13H18O2. The summed E-state index contributed by atoms with van der Waals surface area (Å²) < 4.78 is 10.4. The van der Waals surface area contributed by atoms with E-state index in [0.29, 0.717) is 0 Å². The van der Waals surface area contributed by atoms with Crippen molar-refractivity contribution in [1.29, 1.82) is 0 Å². The monoisotopic (exact) mass is 206 g/mol. The van der Waals surface area contributed by atoms with E-state index in [2.05, 4.69) is 18.2 Å². The van der Waals surface area contributed by atoms with Gasteiger partial charge in [0.25, 0.3) is 0 Å². The lowest BCUT2D eigenvalue weighted by Crippen LogP contribution is -2.13. The van der Waals surface area contributed by atoms with Crippen molar-refractivity contribution in [2.75, 3.05) is 14.2 Å². The molecule has 0 saturated heterocycles. The predicted molar refractivity (Wildman–Crippen MR) is 62.5 cm³/mol. The van der Waals surface area contributed by atoms with Gasteiger partial charge in [-0.15, -0.1) is 0 Å². The van der Waals surface area contributed by atoms with Crippen molar-refractivity contribution < 1.29 is 9.47 Å². The first-order valence-corrected chi connectivity index (χ1v) is 5.08. The van der Waals surface area contributed by atoms with Crippen LogP contribution in [0.3, 0.4) is 0 Å². The highest BCUT2D eigenvalue weighted by Gasteiger charge is 2.09. The highest BCUT2D eigenvalue weighted by molar-refractivity contribution is 5.65. The molecule has 0 saturated carbocycles. The summed E-state index contributed by atoms with van der Waals surface area (Å²) in [5.74, 6) is 0. The van der Waals surface area contributed by atoms with Gasteiger partial charge in [0, 0.05) is 20.6 Å². The van der Waals surface area contributed by atoms with Gasteiger partial charge in [-0.1, -0.05) is 36.4 Å². The van der Waals surface area contributed by atoms with Gasteiger partial charge in [-0.3, -0.25) is 0 Å². The molecule has 0 aliphatic heterocycles. The highest BCUT2D eigenvalue weighted by atomic mass is 16.7. The van der Waals surface area contributed by atoms with Crippen molar-refractivity contribution >= 4 is 5.57 Å². The lowest BCUT2D eigenvalue weighted by atomic mass is 10.0. The fourth-order valence-corrected chi connectivity index (χ4v) is 1.50. The van der Waals surface area contributed by atoms with Crippen LogP contribution in [0.1, 0.15) is 18.9 Å². The summed E-state index contributed by atoms with van der Waals surface area (Å²) in [5.41, 5.74) is 2.46. The standard InChI is InChI=1S/C13H18O2/c1-4-11(10-13(14-2)15-3)12-8-6-5-7-9-12/h4-9,13H,10H2,1-3H3. The van der Waals surface area contributed by atoms with Gasteiger partial charge in [0.2, 0.25) is 0 Å². The number of methoxy groups -OCH3 is 2. The fraction of sp³-hybridized carbons (Fsp3) is 0.385. The summed E-state index contributed by atoms with van der Waals surface area (Å²) in [6.45, 7) is 2.03. The van der Waals surface area contributed by atoms with Gasteiger partial charge < -0.3 is 9.47 Å². The summed E-state index contributed by atoms with van der Waals surface area (Å²) in [4.78, 5) is 0. The van der Waals surface area contributed by atoms with Crippen molar-refractivity contribution in [3.05, 3.63) is 42.0 Å². The zero-order chi connectivity index (χ0) is 11.1. The topological polar surface area (TPSA) is 18.5 Å². The van der Waals surface area contributed by atoms with Gasteiger partial charge in [0.15, 0.2) is 6.29 Å². The Bertz CT molecular complexity index is 300. The summed E-state index contributed by atoms with van der Waals surface area (Å²) in [5, 5.41) is 0. The maximum Gasteiger partial charge on any atom is 0.160 e. The lowest BCUT2D eigenvalue weighted by molar-refractivity contribution is -0.0971. The summed E-state index contributed by atoms with van der Waals surface area (Å²) in [6, 6.07) is 10.3. The number of ether oxygens (including phenoxy) is 2. The van der Waals surface area contributed by atoms with E-state index in [9.17, 15) is 0 Å². The second-order valence-electron chi connectivity index (χ2n) is 3.29. The molecule has 15 heavy (non-hydrogen) atoms. The van der Waals surface area contributed by atoms with Crippen LogP contribution in [0.4, 0.5) is 0 Å².